The lowest BCUT2D eigenvalue weighted by Gasteiger charge is -2.40. The zero-order valence-corrected chi connectivity index (χ0v) is 11.0. The van der Waals surface area contributed by atoms with Crippen molar-refractivity contribution in [2.75, 3.05) is 27.9 Å². The van der Waals surface area contributed by atoms with Crippen LogP contribution in [0.15, 0.2) is 23.0 Å². The highest BCUT2D eigenvalue weighted by Crippen LogP contribution is 2.34. The molecule has 5 heteroatoms. The first-order chi connectivity index (χ1) is 8.80. The summed E-state index contributed by atoms with van der Waals surface area (Å²) in [7, 11) is 5.01. The molecule has 1 saturated heterocycles. The van der Waals surface area contributed by atoms with Crippen LogP contribution in [0.25, 0.3) is 0 Å². The Morgan fingerprint density at radius 3 is 2.67 bits per heavy atom. The molecule has 1 aliphatic heterocycles. The smallest absolute Gasteiger partial charge is 0.112 e. The Balaban J connectivity index is 2.12. The molecule has 102 valence electrons. The molecule has 4 atom stereocenters. The molecule has 0 spiro atoms. The van der Waals surface area contributed by atoms with Gasteiger partial charge in [0.25, 0.3) is 0 Å². The SMILES string of the molecule is COC[C@H]1O[C@@H](c2ccoc2)C[C@@H](OC)[C@@H]1OC. The molecule has 1 aliphatic rings. The summed E-state index contributed by atoms with van der Waals surface area (Å²) in [5.41, 5.74) is 1.02. The topological polar surface area (TPSA) is 50.1 Å². The highest BCUT2D eigenvalue weighted by atomic mass is 16.6. The number of rotatable bonds is 5. The first-order valence-electron chi connectivity index (χ1n) is 6.02. The van der Waals surface area contributed by atoms with E-state index in [1.54, 1.807) is 33.9 Å². The van der Waals surface area contributed by atoms with Crippen molar-refractivity contribution in [2.45, 2.75) is 30.8 Å². The maximum absolute atomic E-state index is 6.02. The van der Waals surface area contributed by atoms with E-state index < -0.39 is 0 Å². The van der Waals surface area contributed by atoms with Crippen LogP contribution in [0.5, 0.6) is 0 Å². The molecule has 5 nitrogen and oxygen atoms in total. The number of furan rings is 1. The molecular formula is C13H20O5. The second-order valence-corrected chi connectivity index (χ2v) is 4.39. The van der Waals surface area contributed by atoms with Gasteiger partial charge in [0.15, 0.2) is 0 Å². The second-order valence-electron chi connectivity index (χ2n) is 4.39. The second kappa shape index (κ2) is 6.33. The molecule has 0 aliphatic carbocycles. The fourth-order valence-corrected chi connectivity index (χ4v) is 2.43. The van der Waals surface area contributed by atoms with E-state index in [1.165, 1.54) is 0 Å². The van der Waals surface area contributed by atoms with Gasteiger partial charge in [0.1, 0.15) is 12.2 Å². The van der Waals surface area contributed by atoms with E-state index in [-0.39, 0.29) is 24.4 Å². The van der Waals surface area contributed by atoms with Crippen molar-refractivity contribution in [3.63, 3.8) is 0 Å². The molecular weight excluding hydrogens is 236 g/mol. The fourth-order valence-electron chi connectivity index (χ4n) is 2.43. The number of hydrogen-bond donors (Lipinski definition) is 0. The number of ether oxygens (including phenoxy) is 4. The summed E-state index contributed by atoms with van der Waals surface area (Å²) in [5, 5.41) is 0. The van der Waals surface area contributed by atoms with E-state index in [0.29, 0.717) is 6.61 Å². The average Bonchev–Trinajstić information content (AvgIpc) is 2.92. The van der Waals surface area contributed by atoms with Crippen molar-refractivity contribution >= 4 is 0 Å². The third-order valence-corrected chi connectivity index (χ3v) is 3.34. The van der Waals surface area contributed by atoms with E-state index in [0.717, 1.165) is 12.0 Å². The summed E-state index contributed by atoms with van der Waals surface area (Å²) in [6, 6.07) is 1.91. The van der Waals surface area contributed by atoms with Crippen molar-refractivity contribution in [1.29, 1.82) is 0 Å². The summed E-state index contributed by atoms with van der Waals surface area (Å²) >= 11 is 0. The molecule has 1 aromatic rings. The molecule has 0 bridgehead atoms. The van der Waals surface area contributed by atoms with Crippen LogP contribution in [0.2, 0.25) is 0 Å². The maximum Gasteiger partial charge on any atom is 0.112 e. The van der Waals surface area contributed by atoms with Crippen LogP contribution in [0, 0.1) is 0 Å². The standard InChI is InChI=1S/C13H20O5/c1-14-8-12-13(16-3)11(15-2)6-10(18-12)9-4-5-17-7-9/h4-5,7,10-13H,6,8H2,1-3H3/t10-,11-,12-,13+/m1/s1. The molecule has 0 amide bonds. The van der Waals surface area contributed by atoms with E-state index >= 15 is 0 Å². The summed E-state index contributed by atoms with van der Waals surface area (Å²) in [4.78, 5) is 0. The summed E-state index contributed by atoms with van der Waals surface area (Å²) < 4.78 is 27.3. The maximum atomic E-state index is 6.02. The van der Waals surface area contributed by atoms with Crippen molar-refractivity contribution in [2.24, 2.45) is 0 Å². The highest BCUT2D eigenvalue weighted by molar-refractivity contribution is 5.11. The first-order valence-corrected chi connectivity index (χ1v) is 6.02. The lowest BCUT2D eigenvalue weighted by atomic mass is 9.95. The van der Waals surface area contributed by atoms with E-state index in [4.69, 9.17) is 23.4 Å². The van der Waals surface area contributed by atoms with Crippen molar-refractivity contribution in [1.82, 2.24) is 0 Å². The van der Waals surface area contributed by atoms with Crippen LogP contribution in [0.1, 0.15) is 18.1 Å². The van der Waals surface area contributed by atoms with Gasteiger partial charge in [-0.2, -0.15) is 0 Å². The highest BCUT2D eigenvalue weighted by Gasteiger charge is 2.40. The molecule has 18 heavy (non-hydrogen) atoms. The summed E-state index contributed by atoms with van der Waals surface area (Å²) in [6.07, 6.45) is 3.79. The lowest BCUT2D eigenvalue weighted by molar-refractivity contribution is -0.200. The normalized spacial score (nSPS) is 32.6. The van der Waals surface area contributed by atoms with Crippen LogP contribution in [-0.4, -0.2) is 46.2 Å². The summed E-state index contributed by atoms with van der Waals surface area (Å²) in [6.45, 7) is 0.479. The Kier molecular flexibility index (Phi) is 4.77. The van der Waals surface area contributed by atoms with Gasteiger partial charge >= 0.3 is 0 Å². The molecule has 2 heterocycles. The molecule has 0 unspecified atom stereocenters. The van der Waals surface area contributed by atoms with Gasteiger partial charge in [0.05, 0.1) is 31.3 Å². The Morgan fingerprint density at radius 1 is 1.28 bits per heavy atom. The van der Waals surface area contributed by atoms with Gasteiger partial charge in [-0.1, -0.05) is 0 Å². The lowest BCUT2D eigenvalue weighted by Crippen LogP contribution is -2.49. The van der Waals surface area contributed by atoms with Crippen LogP contribution in [0.3, 0.4) is 0 Å². The number of methoxy groups -OCH3 is 3. The monoisotopic (exact) mass is 256 g/mol. The summed E-state index contributed by atoms with van der Waals surface area (Å²) in [5.74, 6) is 0. The average molecular weight is 256 g/mol. The van der Waals surface area contributed by atoms with Gasteiger partial charge in [-0.25, -0.2) is 0 Å². The van der Waals surface area contributed by atoms with Crippen molar-refractivity contribution in [3.05, 3.63) is 24.2 Å². The zero-order valence-electron chi connectivity index (χ0n) is 11.0. The van der Waals surface area contributed by atoms with E-state index in [9.17, 15) is 0 Å². The van der Waals surface area contributed by atoms with E-state index in [1.807, 2.05) is 6.07 Å². The molecule has 1 aromatic heterocycles. The van der Waals surface area contributed by atoms with Gasteiger partial charge < -0.3 is 23.4 Å². The Bertz CT molecular complexity index is 337. The Morgan fingerprint density at radius 2 is 2.11 bits per heavy atom. The largest absolute Gasteiger partial charge is 0.472 e. The van der Waals surface area contributed by atoms with Crippen molar-refractivity contribution in [3.8, 4) is 0 Å². The third-order valence-electron chi connectivity index (χ3n) is 3.34. The molecule has 0 saturated carbocycles. The van der Waals surface area contributed by atoms with Gasteiger partial charge in [-0.15, -0.1) is 0 Å². The van der Waals surface area contributed by atoms with E-state index in [2.05, 4.69) is 0 Å². The predicted octanol–water partition coefficient (Wildman–Crippen LogP) is 1.79. The quantitative estimate of drug-likeness (QED) is 0.803. The molecule has 1 fully saturated rings. The van der Waals surface area contributed by atoms with Gasteiger partial charge in [-0.05, 0) is 6.07 Å². The van der Waals surface area contributed by atoms with Crippen LogP contribution >= 0.6 is 0 Å². The molecule has 0 aromatic carbocycles. The minimum atomic E-state index is -0.140. The zero-order chi connectivity index (χ0) is 13.0. The minimum absolute atomic E-state index is 0.0104. The predicted molar refractivity (Wildman–Crippen MR) is 64.4 cm³/mol. The van der Waals surface area contributed by atoms with Crippen LogP contribution in [0.4, 0.5) is 0 Å². The first kappa shape index (κ1) is 13.5. The fraction of sp³-hybridized carbons (Fsp3) is 0.692. The minimum Gasteiger partial charge on any atom is -0.472 e. The molecule has 2 rings (SSSR count). The van der Waals surface area contributed by atoms with Gasteiger partial charge in [-0.3, -0.25) is 0 Å². The third kappa shape index (κ3) is 2.75. The van der Waals surface area contributed by atoms with Crippen LogP contribution in [-0.2, 0) is 18.9 Å². The van der Waals surface area contributed by atoms with Gasteiger partial charge in [0.2, 0.25) is 0 Å². The van der Waals surface area contributed by atoms with Crippen LogP contribution < -0.4 is 0 Å². The molecule has 0 N–H and O–H groups in total. The molecule has 0 radical (unpaired) electrons. The Hall–Kier alpha value is -0.880. The van der Waals surface area contributed by atoms with Crippen molar-refractivity contribution < 1.29 is 23.4 Å². The van der Waals surface area contributed by atoms with Gasteiger partial charge in [0, 0.05) is 33.3 Å². The number of hydrogen-bond acceptors (Lipinski definition) is 5. The Labute approximate surface area is 107 Å².